The fraction of sp³-hybridized carbons (Fsp3) is 0.263. The third-order valence-corrected chi connectivity index (χ3v) is 4.56. The van der Waals surface area contributed by atoms with Crippen LogP contribution in [-0.2, 0) is 6.54 Å². The Hall–Kier alpha value is -3.29. The van der Waals surface area contributed by atoms with Gasteiger partial charge in [0.25, 0.3) is 5.71 Å². The van der Waals surface area contributed by atoms with E-state index in [4.69, 9.17) is 4.52 Å². The van der Waals surface area contributed by atoms with Crippen LogP contribution in [0.3, 0.4) is 0 Å². The lowest BCUT2D eigenvalue weighted by Gasteiger charge is -2.09. The first kappa shape index (κ1) is 17.1. The molecule has 0 spiro atoms. The van der Waals surface area contributed by atoms with Gasteiger partial charge in [-0.05, 0) is 52.0 Å². The third kappa shape index (κ3) is 3.03. The van der Waals surface area contributed by atoms with E-state index in [0.29, 0.717) is 23.9 Å². The van der Waals surface area contributed by atoms with Gasteiger partial charge in [-0.15, -0.1) is 0 Å². The molecule has 0 fully saturated rings. The quantitative estimate of drug-likeness (QED) is 0.592. The maximum absolute atomic E-state index is 13.2. The van der Waals surface area contributed by atoms with E-state index in [0.717, 1.165) is 33.7 Å². The number of hydrogen-bond donors (Lipinski definition) is 1. The van der Waals surface area contributed by atoms with Gasteiger partial charge in [-0.1, -0.05) is 5.16 Å². The van der Waals surface area contributed by atoms with Crippen LogP contribution in [0.15, 0.2) is 28.8 Å². The standard InChI is InChI=1S/C19H19FN6O/c1-10-16(12(3)26(24-10)15-7-5-14(20)6-8-15)9-21-18-17-11(2)25-27-19(17)23-13(4)22-18/h5-8H,9H2,1-4H3,(H,21,22,23). The number of anilines is 1. The number of halogens is 1. The number of nitrogens with one attached hydrogen (secondary N) is 1. The molecule has 0 saturated carbocycles. The van der Waals surface area contributed by atoms with Crippen LogP contribution in [0.2, 0.25) is 0 Å². The van der Waals surface area contributed by atoms with Gasteiger partial charge in [-0.25, -0.2) is 14.1 Å². The summed E-state index contributed by atoms with van der Waals surface area (Å²) >= 11 is 0. The van der Waals surface area contributed by atoms with Crippen LogP contribution in [0.4, 0.5) is 10.2 Å². The lowest BCUT2D eigenvalue weighted by atomic mass is 10.2. The molecule has 0 aliphatic heterocycles. The molecule has 0 saturated heterocycles. The minimum Gasteiger partial charge on any atom is -0.365 e. The Balaban J connectivity index is 1.66. The molecule has 1 aromatic carbocycles. The van der Waals surface area contributed by atoms with Crippen molar-refractivity contribution in [1.82, 2.24) is 24.9 Å². The number of aromatic nitrogens is 5. The van der Waals surface area contributed by atoms with Crippen molar-refractivity contribution in [2.24, 2.45) is 0 Å². The maximum atomic E-state index is 13.2. The van der Waals surface area contributed by atoms with Gasteiger partial charge in [-0.2, -0.15) is 10.1 Å². The molecule has 0 aliphatic carbocycles. The average molecular weight is 366 g/mol. The monoisotopic (exact) mass is 366 g/mol. The summed E-state index contributed by atoms with van der Waals surface area (Å²) < 4.78 is 20.3. The molecular weight excluding hydrogens is 347 g/mol. The van der Waals surface area contributed by atoms with E-state index in [9.17, 15) is 4.39 Å². The summed E-state index contributed by atoms with van der Waals surface area (Å²) in [6, 6.07) is 6.28. The first-order valence-corrected chi connectivity index (χ1v) is 8.59. The van der Waals surface area contributed by atoms with Crippen molar-refractivity contribution in [3.8, 4) is 5.69 Å². The van der Waals surface area contributed by atoms with Crippen LogP contribution in [0.5, 0.6) is 0 Å². The molecule has 7 nitrogen and oxygen atoms in total. The molecule has 3 aromatic heterocycles. The summed E-state index contributed by atoms with van der Waals surface area (Å²) in [6.07, 6.45) is 0. The molecule has 0 aliphatic rings. The Kier molecular flexibility index (Phi) is 4.10. The van der Waals surface area contributed by atoms with Crippen LogP contribution >= 0.6 is 0 Å². The predicted octanol–water partition coefficient (Wildman–Crippen LogP) is 3.79. The molecular formula is C19H19FN6O. The smallest absolute Gasteiger partial charge is 0.263 e. The number of nitrogens with zero attached hydrogens (tertiary/aromatic N) is 5. The fourth-order valence-electron chi connectivity index (χ4n) is 3.16. The van der Waals surface area contributed by atoms with E-state index >= 15 is 0 Å². The molecule has 4 rings (SSSR count). The van der Waals surface area contributed by atoms with Gasteiger partial charge >= 0.3 is 0 Å². The van der Waals surface area contributed by atoms with Gasteiger partial charge in [0.15, 0.2) is 0 Å². The van der Waals surface area contributed by atoms with E-state index in [1.165, 1.54) is 12.1 Å². The van der Waals surface area contributed by atoms with Crippen LogP contribution < -0.4 is 5.32 Å². The van der Waals surface area contributed by atoms with Crippen molar-refractivity contribution in [2.75, 3.05) is 5.32 Å². The predicted molar refractivity (Wildman–Crippen MR) is 99.4 cm³/mol. The minimum absolute atomic E-state index is 0.269. The summed E-state index contributed by atoms with van der Waals surface area (Å²) in [4.78, 5) is 8.76. The number of fused-ring (bicyclic) bond motifs is 1. The van der Waals surface area contributed by atoms with E-state index < -0.39 is 0 Å². The Morgan fingerprint density at radius 2 is 1.78 bits per heavy atom. The third-order valence-electron chi connectivity index (χ3n) is 4.56. The van der Waals surface area contributed by atoms with Gasteiger partial charge in [0.2, 0.25) is 0 Å². The molecule has 1 N–H and O–H groups in total. The Morgan fingerprint density at radius 1 is 1.04 bits per heavy atom. The number of aryl methyl sites for hydroxylation is 3. The summed E-state index contributed by atoms with van der Waals surface area (Å²) in [5.41, 5.74) is 4.96. The second kappa shape index (κ2) is 6.46. The van der Waals surface area contributed by atoms with E-state index in [-0.39, 0.29) is 5.82 Å². The minimum atomic E-state index is -0.269. The zero-order chi connectivity index (χ0) is 19.1. The molecule has 0 radical (unpaired) electrons. The van der Waals surface area contributed by atoms with Gasteiger partial charge in [0.1, 0.15) is 22.8 Å². The van der Waals surface area contributed by atoms with Crippen LogP contribution in [0, 0.1) is 33.5 Å². The lowest BCUT2D eigenvalue weighted by Crippen LogP contribution is -2.06. The highest BCUT2D eigenvalue weighted by Crippen LogP contribution is 2.25. The average Bonchev–Trinajstić information content (AvgIpc) is 3.14. The van der Waals surface area contributed by atoms with Crippen molar-refractivity contribution in [2.45, 2.75) is 34.2 Å². The zero-order valence-electron chi connectivity index (χ0n) is 15.5. The Bertz CT molecular complexity index is 1130. The number of benzene rings is 1. The molecule has 0 bridgehead atoms. The second-order valence-electron chi connectivity index (χ2n) is 6.46. The summed E-state index contributed by atoms with van der Waals surface area (Å²) in [7, 11) is 0. The number of hydrogen-bond acceptors (Lipinski definition) is 6. The van der Waals surface area contributed by atoms with Gasteiger partial charge in [-0.3, -0.25) is 0 Å². The molecule has 4 aromatic rings. The SMILES string of the molecule is Cc1nc(NCc2c(C)nn(-c3ccc(F)cc3)c2C)c2c(C)noc2n1. The van der Waals surface area contributed by atoms with E-state index in [1.807, 2.05) is 32.4 Å². The summed E-state index contributed by atoms with van der Waals surface area (Å²) in [5, 5.41) is 12.7. The molecule has 0 unspecified atom stereocenters. The van der Waals surface area contributed by atoms with Crippen molar-refractivity contribution >= 4 is 16.9 Å². The highest BCUT2D eigenvalue weighted by molar-refractivity contribution is 5.87. The topological polar surface area (TPSA) is 81.7 Å². The molecule has 0 amide bonds. The van der Waals surface area contributed by atoms with Crippen LogP contribution in [0.25, 0.3) is 16.8 Å². The van der Waals surface area contributed by atoms with Crippen molar-refractivity contribution in [3.63, 3.8) is 0 Å². The van der Waals surface area contributed by atoms with Gasteiger partial charge in [0, 0.05) is 17.8 Å². The fourth-order valence-corrected chi connectivity index (χ4v) is 3.16. The Labute approximate surface area is 155 Å². The summed E-state index contributed by atoms with van der Waals surface area (Å²) in [6.45, 7) is 8.15. The van der Waals surface area contributed by atoms with Crippen LogP contribution in [-0.4, -0.2) is 24.9 Å². The van der Waals surface area contributed by atoms with Crippen LogP contribution in [0.1, 0.15) is 28.5 Å². The first-order valence-electron chi connectivity index (χ1n) is 8.59. The molecule has 8 heteroatoms. The maximum Gasteiger partial charge on any atom is 0.263 e. The molecule has 3 heterocycles. The van der Waals surface area contributed by atoms with E-state index in [2.05, 4.69) is 25.5 Å². The van der Waals surface area contributed by atoms with Gasteiger partial charge < -0.3 is 9.84 Å². The van der Waals surface area contributed by atoms with E-state index in [1.54, 1.807) is 12.1 Å². The van der Waals surface area contributed by atoms with Gasteiger partial charge in [0.05, 0.1) is 17.1 Å². The first-order chi connectivity index (χ1) is 12.9. The zero-order valence-corrected chi connectivity index (χ0v) is 15.5. The largest absolute Gasteiger partial charge is 0.365 e. The second-order valence-corrected chi connectivity index (χ2v) is 6.46. The normalized spacial score (nSPS) is 11.3. The van der Waals surface area contributed by atoms with Crippen molar-refractivity contribution < 1.29 is 8.91 Å². The highest BCUT2D eigenvalue weighted by Gasteiger charge is 2.16. The highest BCUT2D eigenvalue weighted by atomic mass is 19.1. The molecule has 27 heavy (non-hydrogen) atoms. The molecule has 138 valence electrons. The number of rotatable bonds is 4. The molecule has 0 atom stereocenters. The lowest BCUT2D eigenvalue weighted by molar-refractivity contribution is 0.442. The van der Waals surface area contributed by atoms with Crippen molar-refractivity contribution in [1.29, 1.82) is 0 Å². The Morgan fingerprint density at radius 3 is 2.52 bits per heavy atom. The summed E-state index contributed by atoms with van der Waals surface area (Å²) in [5.74, 6) is 1.02. The van der Waals surface area contributed by atoms with Crippen molar-refractivity contribution in [3.05, 3.63) is 58.6 Å².